The quantitative estimate of drug-likeness (QED) is 0.314. The van der Waals surface area contributed by atoms with Gasteiger partial charge < -0.3 is 15.4 Å². The number of guanidine groups is 1. The number of hydrogen-bond donors (Lipinski definition) is 2. The number of nitrogens with one attached hydrogen (secondary N) is 2. The van der Waals surface area contributed by atoms with Gasteiger partial charge in [-0.2, -0.15) is 0 Å². The molecule has 0 fully saturated rings. The largest absolute Gasteiger partial charge is 0.497 e. The number of aliphatic imine (C=N–C) groups is 1. The summed E-state index contributed by atoms with van der Waals surface area (Å²) in [5.41, 5.74) is 2.53. The molecule has 2 aromatic rings. The van der Waals surface area contributed by atoms with E-state index in [9.17, 15) is 0 Å². The van der Waals surface area contributed by atoms with Crippen molar-refractivity contribution in [2.45, 2.75) is 32.5 Å². The zero-order chi connectivity index (χ0) is 19.5. The Balaban J connectivity index is 0.00000392. The van der Waals surface area contributed by atoms with Crippen LogP contribution >= 0.6 is 24.0 Å². The van der Waals surface area contributed by atoms with Crippen molar-refractivity contribution in [3.05, 3.63) is 65.7 Å². The molecule has 0 saturated carbocycles. The summed E-state index contributed by atoms with van der Waals surface area (Å²) in [4.78, 5) is 6.68. The molecule has 1 atom stereocenters. The summed E-state index contributed by atoms with van der Waals surface area (Å²) in [5, 5.41) is 6.75. The van der Waals surface area contributed by atoms with E-state index in [1.54, 1.807) is 14.2 Å². The molecule has 0 aliphatic rings. The van der Waals surface area contributed by atoms with E-state index in [2.05, 4.69) is 77.0 Å². The Morgan fingerprint density at radius 2 is 1.71 bits per heavy atom. The summed E-state index contributed by atoms with van der Waals surface area (Å²) >= 11 is 0. The van der Waals surface area contributed by atoms with Crippen LogP contribution in [0.2, 0.25) is 0 Å². The third kappa shape index (κ3) is 8.48. The highest BCUT2D eigenvalue weighted by Crippen LogP contribution is 2.11. The lowest BCUT2D eigenvalue weighted by Gasteiger charge is -2.25. The second-order valence-corrected chi connectivity index (χ2v) is 6.74. The van der Waals surface area contributed by atoms with Gasteiger partial charge in [0, 0.05) is 32.7 Å². The van der Waals surface area contributed by atoms with Gasteiger partial charge in [-0.3, -0.25) is 9.89 Å². The van der Waals surface area contributed by atoms with Gasteiger partial charge in [0.2, 0.25) is 0 Å². The Bertz CT molecular complexity index is 691. The Morgan fingerprint density at radius 1 is 1.04 bits per heavy atom. The fourth-order valence-corrected chi connectivity index (χ4v) is 2.80. The van der Waals surface area contributed by atoms with E-state index >= 15 is 0 Å². The van der Waals surface area contributed by atoms with Crippen molar-refractivity contribution >= 4 is 29.9 Å². The molecule has 2 rings (SSSR count). The molecule has 0 aliphatic heterocycles. The Kier molecular flexibility index (Phi) is 11.6. The molecular formula is C22H33IN4O. The minimum Gasteiger partial charge on any atom is -0.497 e. The number of rotatable bonds is 9. The van der Waals surface area contributed by atoms with Crippen LogP contribution in [0.25, 0.3) is 0 Å². The van der Waals surface area contributed by atoms with Crippen LogP contribution in [0.15, 0.2) is 59.6 Å². The topological polar surface area (TPSA) is 48.9 Å². The van der Waals surface area contributed by atoms with Crippen molar-refractivity contribution in [1.82, 2.24) is 15.5 Å². The van der Waals surface area contributed by atoms with Crippen molar-refractivity contribution in [1.29, 1.82) is 0 Å². The van der Waals surface area contributed by atoms with Crippen molar-refractivity contribution < 1.29 is 4.74 Å². The first-order valence-electron chi connectivity index (χ1n) is 9.44. The smallest absolute Gasteiger partial charge is 0.191 e. The maximum Gasteiger partial charge on any atom is 0.191 e. The summed E-state index contributed by atoms with van der Waals surface area (Å²) in [6, 6.07) is 19.1. The Morgan fingerprint density at radius 3 is 2.32 bits per heavy atom. The first kappa shape index (κ1) is 24.2. The minimum atomic E-state index is 0. The van der Waals surface area contributed by atoms with Crippen LogP contribution in [-0.4, -0.2) is 44.7 Å². The van der Waals surface area contributed by atoms with Gasteiger partial charge in [0.25, 0.3) is 0 Å². The van der Waals surface area contributed by atoms with Gasteiger partial charge in [-0.15, -0.1) is 24.0 Å². The summed E-state index contributed by atoms with van der Waals surface area (Å²) < 4.78 is 5.19. The molecule has 2 aromatic carbocycles. The zero-order valence-electron chi connectivity index (χ0n) is 17.3. The third-order valence-electron chi connectivity index (χ3n) is 4.72. The SMILES string of the molecule is CN=C(NCCC(C)N(C)Cc1ccccc1)NCc1ccc(OC)cc1.I. The number of nitrogens with zero attached hydrogens (tertiary/aromatic N) is 2. The number of hydrogen-bond acceptors (Lipinski definition) is 3. The van der Waals surface area contributed by atoms with E-state index in [-0.39, 0.29) is 24.0 Å². The molecule has 5 nitrogen and oxygen atoms in total. The number of methoxy groups -OCH3 is 1. The van der Waals surface area contributed by atoms with E-state index < -0.39 is 0 Å². The van der Waals surface area contributed by atoms with E-state index in [0.29, 0.717) is 6.04 Å². The fraction of sp³-hybridized carbons (Fsp3) is 0.409. The van der Waals surface area contributed by atoms with Gasteiger partial charge in [-0.05, 0) is 43.7 Å². The number of benzene rings is 2. The summed E-state index contributed by atoms with van der Waals surface area (Å²) in [6.07, 6.45) is 1.05. The predicted molar refractivity (Wildman–Crippen MR) is 129 cm³/mol. The summed E-state index contributed by atoms with van der Waals surface area (Å²) in [7, 11) is 5.65. The summed E-state index contributed by atoms with van der Waals surface area (Å²) in [6.45, 7) is 4.83. The highest BCUT2D eigenvalue weighted by Gasteiger charge is 2.09. The minimum absolute atomic E-state index is 0. The first-order valence-corrected chi connectivity index (χ1v) is 9.44. The van der Waals surface area contributed by atoms with Gasteiger partial charge in [-0.1, -0.05) is 42.5 Å². The van der Waals surface area contributed by atoms with Crippen LogP contribution in [0.5, 0.6) is 5.75 Å². The Labute approximate surface area is 186 Å². The average molecular weight is 496 g/mol. The van der Waals surface area contributed by atoms with Crippen molar-refractivity contribution in [3.8, 4) is 5.75 Å². The first-order chi connectivity index (χ1) is 13.1. The normalized spacial score (nSPS) is 12.2. The lowest BCUT2D eigenvalue weighted by atomic mass is 10.1. The van der Waals surface area contributed by atoms with Crippen LogP contribution in [0, 0.1) is 0 Å². The van der Waals surface area contributed by atoms with Gasteiger partial charge in [0.05, 0.1) is 7.11 Å². The van der Waals surface area contributed by atoms with Gasteiger partial charge in [-0.25, -0.2) is 0 Å². The molecule has 0 heterocycles. The molecule has 0 aliphatic carbocycles. The van der Waals surface area contributed by atoms with Gasteiger partial charge in [0.15, 0.2) is 5.96 Å². The molecule has 1 unspecified atom stereocenters. The molecule has 2 N–H and O–H groups in total. The van der Waals surface area contributed by atoms with Crippen LogP contribution in [0.1, 0.15) is 24.5 Å². The van der Waals surface area contributed by atoms with E-state index in [1.807, 2.05) is 12.1 Å². The number of halogens is 1. The summed E-state index contributed by atoms with van der Waals surface area (Å²) in [5.74, 6) is 1.69. The van der Waals surface area contributed by atoms with Crippen molar-refractivity contribution in [2.24, 2.45) is 4.99 Å². The van der Waals surface area contributed by atoms with E-state index in [4.69, 9.17) is 4.74 Å². The van der Waals surface area contributed by atoms with Crippen LogP contribution in [0.4, 0.5) is 0 Å². The standard InChI is InChI=1S/C22H32N4O.HI/c1-18(26(3)17-20-8-6-5-7-9-20)14-15-24-22(23-2)25-16-19-10-12-21(27-4)13-11-19;/h5-13,18H,14-17H2,1-4H3,(H2,23,24,25);1H. The average Bonchev–Trinajstić information content (AvgIpc) is 2.71. The molecule has 28 heavy (non-hydrogen) atoms. The molecule has 0 saturated heterocycles. The van der Waals surface area contributed by atoms with Crippen LogP contribution in [-0.2, 0) is 13.1 Å². The van der Waals surface area contributed by atoms with E-state index in [1.165, 1.54) is 11.1 Å². The molecule has 0 aromatic heterocycles. The molecular weight excluding hydrogens is 463 g/mol. The highest BCUT2D eigenvalue weighted by molar-refractivity contribution is 14.0. The predicted octanol–water partition coefficient (Wildman–Crippen LogP) is 3.89. The zero-order valence-corrected chi connectivity index (χ0v) is 19.6. The maximum atomic E-state index is 5.19. The molecule has 0 amide bonds. The second kappa shape index (κ2) is 13.4. The van der Waals surface area contributed by atoms with Crippen LogP contribution in [0.3, 0.4) is 0 Å². The molecule has 6 heteroatoms. The van der Waals surface area contributed by atoms with E-state index in [0.717, 1.165) is 37.8 Å². The van der Waals surface area contributed by atoms with Crippen LogP contribution < -0.4 is 15.4 Å². The van der Waals surface area contributed by atoms with Gasteiger partial charge in [0.1, 0.15) is 5.75 Å². The van der Waals surface area contributed by atoms with Crippen molar-refractivity contribution in [2.75, 3.05) is 27.7 Å². The molecule has 154 valence electrons. The lowest BCUT2D eigenvalue weighted by molar-refractivity contribution is 0.238. The fourth-order valence-electron chi connectivity index (χ4n) is 2.80. The van der Waals surface area contributed by atoms with Crippen molar-refractivity contribution in [3.63, 3.8) is 0 Å². The van der Waals surface area contributed by atoms with Gasteiger partial charge >= 0.3 is 0 Å². The third-order valence-corrected chi connectivity index (χ3v) is 4.72. The lowest BCUT2D eigenvalue weighted by Crippen LogP contribution is -2.39. The highest BCUT2D eigenvalue weighted by atomic mass is 127. The molecule has 0 spiro atoms. The Hall–Kier alpha value is -1.80. The second-order valence-electron chi connectivity index (χ2n) is 6.74. The molecule has 0 bridgehead atoms. The monoisotopic (exact) mass is 496 g/mol. The number of ether oxygens (including phenoxy) is 1. The molecule has 0 radical (unpaired) electrons. The maximum absolute atomic E-state index is 5.19.